The van der Waals surface area contributed by atoms with Gasteiger partial charge in [0.05, 0.1) is 29.0 Å². The summed E-state index contributed by atoms with van der Waals surface area (Å²) in [4.78, 5) is 46.4. The lowest BCUT2D eigenvalue weighted by atomic mass is 9.63. The number of rotatable bonds is 7. The van der Waals surface area contributed by atoms with Crippen molar-refractivity contribution in [2.75, 3.05) is 11.9 Å². The predicted molar refractivity (Wildman–Crippen MR) is 159 cm³/mol. The van der Waals surface area contributed by atoms with Gasteiger partial charge in [-0.15, -0.1) is 11.3 Å². The molecule has 1 spiro atoms. The number of fused-ring (bicyclic) bond motifs is 6. The van der Waals surface area contributed by atoms with Gasteiger partial charge in [-0.25, -0.2) is 0 Å². The molecular weight excluding hydrogens is 532 g/mol. The van der Waals surface area contributed by atoms with Crippen LogP contribution in [-0.4, -0.2) is 35.0 Å². The SMILES string of the molecule is CCCOc1ccccc1C(=O)C1C(C(=O)c2cccs2)C2(C(=O)Nc3ccccc32)C2c3ccccc3C=CN12. The molecule has 1 amide bonds. The lowest BCUT2D eigenvalue weighted by Gasteiger charge is -2.38. The summed E-state index contributed by atoms with van der Waals surface area (Å²) in [5, 5.41) is 4.94. The molecule has 4 aromatic rings. The Bertz CT molecular complexity index is 1710. The molecule has 1 fully saturated rings. The van der Waals surface area contributed by atoms with Crippen LogP contribution in [0.2, 0.25) is 0 Å². The van der Waals surface area contributed by atoms with Crippen LogP contribution < -0.4 is 10.1 Å². The van der Waals surface area contributed by atoms with E-state index in [2.05, 4.69) is 5.32 Å². The van der Waals surface area contributed by atoms with Crippen LogP contribution in [0, 0.1) is 5.92 Å². The molecule has 4 unspecified atom stereocenters. The van der Waals surface area contributed by atoms with E-state index in [0.717, 1.165) is 23.1 Å². The molecule has 0 radical (unpaired) electrons. The van der Waals surface area contributed by atoms with Crippen molar-refractivity contribution in [2.24, 2.45) is 5.92 Å². The number of anilines is 1. The standard InChI is InChI=1S/C34H28N2O4S/c1-2-19-40-26-15-8-5-12-23(26)30(37)29-28(31(38)27-16-9-20-41-27)34(24-13-6-7-14-25(24)35-33(34)39)32-22-11-4-3-10-21(22)17-18-36(29)32/h3-18,20,28-29,32H,2,19H2,1H3,(H,35,39). The number of ether oxygens (including phenoxy) is 1. The molecule has 4 atom stereocenters. The molecule has 1 aromatic heterocycles. The Morgan fingerprint density at radius 1 is 0.951 bits per heavy atom. The first-order valence-electron chi connectivity index (χ1n) is 13.9. The van der Waals surface area contributed by atoms with E-state index in [1.54, 1.807) is 18.2 Å². The van der Waals surface area contributed by atoms with E-state index in [-0.39, 0.29) is 17.5 Å². The molecule has 7 rings (SSSR count). The summed E-state index contributed by atoms with van der Waals surface area (Å²) in [6, 6.07) is 24.8. The van der Waals surface area contributed by atoms with E-state index in [0.29, 0.717) is 28.5 Å². The second-order valence-corrected chi connectivity index (χ2v) is 11.6. The van der Waals surface area contributed by atoms with Gasteiger partial charge in [0.2, 0.25) is 5.91 Å². The minimum Gasteiger partial charge on any atom is -0.493 e. The smallest absolute Gasteiger partial charge is 0.238 e. The number of carbonyl (C=O) groups is 3. The van der Waals surface area contributed by atoms with Gasteiger partial charge in [-0.2, -0.15) is 0 Å². The quantitative estimate of drug-likeness (QED) is 0.261. The maximum absolute atomic E-state index is 14.8. The molecule has 0 aliphatic carbocycles. The minimum atomic E-state index is -1.34. The number of nitrogens with zero attached hydrogens (tertiary/aromatic N) is 1. The molecule has 0 bridgehead atoms. The highest BCUT2D eigenvalue weighted by atomic mass is 32.1. The topological polar surface area (TPSA) is 75.7 Å². The summed E-state index contributed by atoms with van der Waals surface area (Å²) in [6.45, 7) is 2.48. The van der Waals surface area contributed by atoms with Crippen molar-refractivity contribution in [1.29, 1.82) is 0 Å². The van der Waals surface area contributed by atoms with Crippen LogP contribution >= 0.6 is 11.3 Å². The average Bonchev–Trinajstić information content (AvgIpc) is 3.72. The second kappa shape index (κ2) is 9.85. The normalized spacial score (nSPS) is 23.6. The summed E-state index contributed by atoms with van der Waals surface area (Å²) >= 11 is 1.33. The number of benzene rings is 3. The summed E-state index contributed by atoms with van der Waals surface area (Å²) in [6.07, 6.45) is 4.65. The Balaban J connectivity index is 1.51. The van der Waals surface area contributed by atoms with Crippen molar-refractivity contribution in [3.63, 3.8) is 0 Å². The third-order valence-corrected chi connectivity index (χ3v) is 9.38. The second-order valence-electron chi connectivity index (χ2n) is 10.6. The maximum atomic E-state index is 14.8. The van der Waals surface area contributed by atoms with E-state index in [9.17, 15) is 14.4 Å². The Labute approximate surface area is 242 Å². The third-order valence-electron chi connectivity index (χ3n) is 8.50. The Kier molecular flexibility index (Phi) is 6.12. The first-order chi connectivity index (χ1) is 20.1. The average molecular weight is 561 g/mol. The van der Waals surface area contributed by atoms with Crippen molar-refractivity contribution in [3.05, 3.63) is 124 Å². The molecule has 3 aliphatic rings. The van der Waals surface area contributed by atoms with Crippen LogP contribution in [0.25, 0.3) is 6.08 Å². The van der Waals surface area contributed by atoms with Gasteiger partial charge in [-0.3, -0.25) is 14.4 Å². The van der Waals surface area contributed by atoms with E-state index < -0.39 is 23.4 Å². The third kappa shape index (κ3) is 3.65. The van der Waals surface area contributed by atoms with Crippen molar-refractivity contribution >= 4 is 40.6 Å². The van der Waals surface area contributed by atoms with Gasteiger partial charge in [0, 0.05) is 11.9 Å². The lowest BCUT2D eigenvalue weighted by molar-refractivity contribution is -0.122. The van der Waals surface area contributed by atoms with Crippen molar-refractivity contribution in [1.82, 2.24) is 4.90 Å². The largest absolute Gasteiger partial charge is 0.493 e. The van der Waals surface area contributed by atoms with Gasteiger partial charge in [0.1, 0.15) is 17.2 Å². The van der Waals surface area contributed by atoms with Crippen molar-refractivity contribution in [3.8, 4) is 5.75 Å². The zero-order valence-electron chi connectivity index (χ0n) is 22.4. The highest BCUT2D eigenvalue weighted by Gasteiger charge is 2.71. The van der Waals surface area contributed by atoms with Gasteiger partial charge in [0.25, 0.3) is 0 Å². The molecule has 0 saturated carbocycles. The van der Waals surface area contributed by atoms with Crippen LogP contribution in [0.4, 0.5) is 5.69 Å². The Morgan fingerprint density at radius 2 is 1.73 bits per heavy atom. The number of amides is 1. The number of nitrogens with one attached hydrogen (secondary N) is 1. The predicted octanol–water partition coefficient (Wildman–Crippen LogP) is 6.52. The summed E-state index contributed by atoms with van der Waals surface area (Å²) in [7, 11) is 0. The molecule has 7 heteroatoms. The first-order valence-corrected chi connectivity index (χ1v) is 14.7. The zero-order chi connectivity index (χ0) is 28.1. The molecule has 4 heterocycles. The zero-order valence-corrected chi connectivity index (χ0v) is 23.3. The van der Waals surface area contributed by atoms with Crippen LogP contribution in [0.15, 0.2) is 96.5 Å². The molecule has 1 saturated heterocycles. The molecule has 41 heavy (non-hydrogen) atoms. The number of carbonyl (C=O) groups excluding carboxylic acids is 3. The number of para-hydroxylation sites is 2. The van der Waals surface area contributed by atoms with E-state index in [1.165, 1.54) is 11.3 Å². The highest BCUT2D eigenvalue weighted by molar-refractivity contribution is 7.12. The Hall–Kier alpha value is -4.49. The van der Waals surface area contributed by atoms with Crippen LogP contribution in [0.3, 0.4) is 0 Å². The lowest BCUT2D eigenvalue weighted by Crippen LogP contribution is -2.49. The molecule has 1 N–H and O–H groups in total. The fourth-order valence-corrected chi connectivity index (χ4v) is 7.61. The number of ketones is 2. The van der Waals surface area contributed by atoms with Crippen LogP contribution in [0.1, 0.15) is 56.1 Å². The highest BCUT2D eigenvalue weighted by Crippen LogP contribution is 2.62. The number of Topliss-reactive ketones (excluding diaryl/α,β-unsaturated/α-hetero) is 2. The summed E-state index contributed by atoms with van der Waals surface area (Å²) < 4.78 is 6.00. The molecule has 3 aromatic carbocycles. The van der Waals surface area contributed by atoms with Crippen molar-refractivity contribution in [2.45, 2.75) is 30.8 Å². The van der Waals surface area contributed by atoms with E-state index in [1.807, 2.05) is 96.2 Å². The van der Waals surface area contributed by atoms with Gasteiger partial charge >= 0.3 is 0 Å². The number of thiophene rings is 1. The van der Waals surface area contributed by atoms with Crippen LogP contribution in [0.5, 0.6) is 5.75 Å². The van der Waals surface area contributed by atoms with Gasteiger partial charge in [-0.05, 0) is 58.8 Å². The number of hydrogen-bond acceptors (Lipinski definition) is 6. The van der Waals surface area contributed by atoms with E-state index in [4.69, 9.17) is 4.74 Å². The molecule has 3 aliphatic heterocycles. The Morgan fingerprint density at radius 3 is 2.56 bits per heavy atom. The fraction of sp³-hybridized carbons (Fsp3) is 0.206. The van der Waals surface area contributed by atoms with Crippen molar-refractivity contribution < 1.29 is 19.1 Å². The summed E-state index contributed by atoms with van der Waals surface area (Å²) in [5.41, 5.74) is 2.37. The van der Waals surface area contributed by atoms with Gasteiger partial charge in [-0.1, -0.05) is 67.6 Å². The molecule has 204 valence electrons. The minimum absolute atomic E-state index is 0.211. The molecule has 6 nitrogen and oxygen atoms in total. The first kappa shape index (κ1) is 25.5. The van der Waals surface area contributed by atoms with Gasteiger partial charge in [0.15, 0.2) is 11.6 Å². The summed E-state index contributed by atoms with van der Waals surface area (Å²) in [5.74, 6) is -1.22. The van der Waals surface area contributed by atoms with E-state index >= 15 is 0 Å². The maximum Gasteiger partial charge on any atom is 0.238 e. The fourth-order valence-electron chi connectivity index (χ4n) is 6.91. The van der Waals surface area contributed by atoms with Crippen LogP contribution in [-0.2, 0) is 10.2 Å². The van der Waals surface area contributed by atoms with Gasteiger partial charge < -0.3 is 15.0 Å². The number of hydrogen-bond donors (Lipinski definition) is 1. The molecular formula is C34H28N2O4S. The monoisotopic (exact) mass is 560 g/mol.